The Hall–Kier alpha value is -2.89. The van der Waals surface area contributed by atoms with Gasteiger partial charge in [0.1, 0.15) is 0 Å². The normalized spacial score (nSPS) is 13.1. The van der Waals surface area contributed by atoms with E-state index < -0.39 is 0 Å². The van der Waals surface area contributed by atoms with Gasteiger partial charge < -0.3 is 24.8 Å². The molecule has 0 radical (unpaired) electrons. The predicted molar refractivity (Wildman–Crippen MR) is 101 cm³/mol. The molecule has 0 aromatic heterocycles. The molecule has 2 aromatic rings. The van der Waals surface area contributed by atoms with Crippen molar-refractivity contribution in [3.05, 3.63) is 41.5 Å². The van der Waals surface area contributed by atoms with Gasteiger partial charge in [-0.2, -0.15) is 0 Å². The van der Waals surface area contributed by atoms with Gasteiger partial charge in [0.2, 0.25) is 11.7 Å². The molecular weight excluding hydrogens is 332 g/mol. The van der Waals surface area contributed by atoms with Crippen molar-refractivity contribution >= 4 is 17.3 Å². The van der Waals surface area contributed by atoms with Crippen LogP contribution in [-0.2, 0) is 17.6 Å². The molecule has 1 heterocycles. The summed E-state index contributed by atoms with van der Waals surface area (Å²) in [4.78, 5) is 14.8. The Morgan fingerprint density at radius 1 is 1.12 bits per heavy atom. The van der Waals surface area contributed by atoms with Crippen LogP contribution in [0.2, 0.25) is 0 Å². The number of nitrogens with two attached hydrogens (primary N) is 1. The van der Waals surface area contributed by atoms with Gasteiger partial charge in [-0.3, -0.25) is 4.79 Å². The summed E-state index contributed by atoms with van der Waals surface area (Å²) in [5.41, 5.74) is 9.59. The fourth-order valence-corrected chi connectivity index (χ4v) is 3.42. The number of amides is 1. The first-order valence-corrected chi connectivity index (χ1v) is 8.55. The highest BCUT2D eigenvalue weighted by Gasteiger charge is 2.24. The Morgan fingerprint density at radius 2 is 1.81 bits per heavy atom. The monoisotopic (exact) mass is 356 g/mol. The Bertz CT molecular complexity index is 794. The van der Waals surface area contributed by atoms with Crippen molar-refractivity contribution in [3.63, 3.8) is 0 Å². The fraction of sp³-hybridized carbons (Fsp3) is 0.350. The molecule has 0 unspecified atom stereocenters. The molecule has 0 aliphatic carbocycles. The van der Waals surface area contributed by atoms with E-state index in [0.29, 0.717) is 23.8 Å². The maximum atomic E-state index is 13.0. The number of fused-ring (bicyclic) bond motifs is 1. The summed E-state index contributed by atoms with van der Waals surface area (Å²) in [5.74, 6) is 1.61. The summed E-state index contributed by atoms with van der Waals surface area (Å²) >= 11 is 0. The van der Waals surface area contributed by atoms with Gasteiger partial charge in [-0.05, 0) is 48.2 Å². The van der Waals surface area contributed by atoms with Crippen LogP contribution in [0.25, 0.3) is 0 Å². The van der Waals surface area contributed by atoms with Crippen molar-refractivity contribution in [2.75, 3.05) is 38.5 Å². The van der Waals surface area contributed by atoms with Gasteiger partial charge in [0.15, 0.2) is 11.5 Å². The molecule has 0 spiro atoms. The summed E-state index contributed by atoms with van der Waals surface area (Å²) < 4.78 is 16.1. The average molecular weight is 356 g/mol. The number of hydrogen-bond acceptors (Lipinski definition) is 5. The number of carbonyl (C=O) groups excluding carboxylic acids is 1. The lowest BCUT2D eigenvalue weighted by Crippen LogP contribution is -2.36. The minimum atomic E-state index is 0.0193. The first kappa shape index (κ1) is 17.9. The van der Waals surface area contributed by atoms with Crippen LogP contribution in [0.5, 0.6) is 17.2 Å². The van der Waals surface area contributed by atoms with E-state index in [1.807, 2.05) is 35.2 Å². The highest BCUT2D eigenvalue weighted by molar-refractivity contribution is 5.96. The zero-order valence-corrected chi connectivity index (χ0v) is 15.4. The number of nitrogen functional groups attached to an aromatic ring is 1. The van der Waals surface area contributed by atoms with Gasteiger partial charge in [0.05, 0.1) is 27.8 Å². The maximum Gasteiger partial charge on any atom is 0.231 e. The number of nitrogens with zero attached hydrogens (tertiary/aromatic N) is 1. The topological polar surface area (TPSA) is 74.0 Å². The van der Waals surface area contributed by atoms with Crippen molar-refractivity contribution in [2.24, 2.45) is 0 Å². The lowest BCUT2D eigenvalue weighted by atomic mass is 9.99. The zero-order valence-electron chi connectivity index (χ0n) is 15.4. The van der Waals surface area contributed by atoms with Crippen LogP contribution >= 0.6 is 0 Å². The van der Waals surface area contributed by atoms with Crippen molar-refractivity contribution < 1.29 is 19.0 Å². The molecule has 2 N–H and O–H groups in total. The SMILES string of the molecule is COc1cc(CC(=O)N2CCCc3c(N)cccc32)cc(OC)c1OC. The number of anilines is 2. The fourth-order valence-electron chi connectivity index (χ4n) is 3.42. The van der Waals surface area contributed by atoms with E-state index in [4.69, 9.17) is 19.9 Å². The van der Waals surface area contributed by atoms with Gasteiger partial charge in [0.25, 0.3) is 0 Å². The smallest absolute Gasteiger partial charge is 0.231 e. The molecule has 1 amide bonds. The minimum Gasteiger partial charge on any atom is -0.493 e. The standard InChI is InChI=1S/C20H24N2O4/c1-24-17-10-13(11-18(25-2)20(17)26-3)12-19(23)22-9-5-6-14-15(21)7-4-8-16(14)22/h4,7-8,10-11H,5-6,9,12,21H2,1-3H3. The van der Waals surface area contributed by atoms with Crippen molar-refractivity contribution in [1.82, 2.24) is 0 Å². The van der Waals surface area contributed by atoms with E-state index in [-0.39, 0.29) is 12.3 Å². The molecule has 0 fully saturated rings. The number of benzene rings is 2. The average Bonchev–Trinajstić information content (AvgIpc) is 2.67. The molecule has 0 atom stereocenters. The lowest BCUT2D eigenvalue weighted by molar-refractivity contribution is -0.118. The Balaban J connectivity index is 1.89. The minimum absolute atomic E-state index is 0.0193. The molecule has 0 bridgehead atoms. The van der Waals surface area contributed by atoms with Crippen LogP contribution < -0.4 is 24.8 Å². The van der Waals surface area contributed by atoms with Crippen LogP contribution in [0.4, 0.5) is 11.4 Å². The van der Waals surface area contributed by atoms with Crippen LogP contribution in [0.3, 0.4) is 0 Å². The molecular formula is C20H24N2O4. The molecule has 2 aromatic carbocycles. The second-order valence-electron chi connectivity index (χ2n) is 6.20. The van der Waals surface area contributed by atoms with E-state index in [2.05, 4.69) is 0 Å². The largest absolute Gasteiger partial charge is 0.493 e. The van der Waals surface area contributed by atoms with E-state index in [1.165, 1.54) is 0 Å². The van der Waals surface area contributed by atoms with Crippen LogP contribution in [-0.4, -0.2) is 33.8 Å². The number of rotatable bonds is 5. The van der Waals surface area contributed by atoms with Gasteiger partial charge in [-0.1, -0.05) is 6.07 Å². The third-order valence-corrected chi connectivity index (χ3v) is 4.67. The van der Waals surface area contributed by atoms with Crippen LogP contribution in [0.1, 0.15) is 17.5 Å². The second kappa shape index (κ2) is 7.56. The summed E-state index contributed by atoms with van der Waals surface area (Å²) in [6.07, 6.45) is 2.04. The second-order valence-corrected chi connectivity index (χ2v) is 6.20. The predicted octanol–water partition coefficient (Wildman–Crippen LogP) is 2.82. The van der Waals surface area contributed by atoms with Crippen LogP contribution in [0.15, 0.2) is 30.3 Å². The van der Waals surface area contributed by atoms with Gasteiger partial charge >= 0.3 is 0 Å². The molecule has 3 rings (SSSR count). The lowest BCUT2D eigenvalue weighted by Gasteiger charge is -2.30. The molecule has 26 heavy (non-hydrogen) atoms. The van der Waals surface area contributed by atoms with Crippen molar-refractivity contribution in [3.8, 4) is 17.2 Å². The Morgan fingerprint density at radius 3 is 2.42 bits per heavy atom. The highest BCUT2D eigenvalue weighted by atomic mass is 16.5. The van der Waals surface area contributed by atoms with E-state index >= 15 is 0 Å². The first-order valence-electron chi connectivity index (χ1n) is 8.55. The number of methoxy groups -OCH3 is 3. The Kier molecular flexibility index (Phi) is 5.21. The quantitative estimate of drug-likeness (QED) is 0.834. The molecule has 6 nitrogen and oxygen atoms in total. The Labute approximate surface area is 153 Å². The molecule has 0 saturated carbocycles. The third kappa shape index (κ3) is 3.27. The number of hydrogen-bond donors (Lipinski definition) is 1. The summed E-state index contributed by atoms with van der Waals surface area (Å²) in [6, 6.07) is 9.34. The van der Waals surface area contributed by atoms with Gasteiger partial charge in [-0.15, -0.1) is 0 Å². The summed E-state index contributed by atoms with van der Waals surface area (Å²) in [7, 11) is 4.68. The molecule has 1 aliphatic heterocycles. The van der Waals surface area contributed by atoms with E-state index in [9.17, 15) is 4.79 Å². The van der Waals surface area contributed by atoms with Gasteiger partial charge in [0, 0.05) is 17.9 Å². The number of carbonyl (C=O) groups is 1. The molecule has 6 heteroatoms. The summed E-state index contributed by atoms with van der Waals surface area (Å²) in [6.45, 7) is 0.694. The van der Waals surface area contributed by atoms with E-state index in [0.717, 1.165) is 35.3 Å². The maximum absolute atomic E-state index is 13.0. The number of ether oxygens (including phenoxy) is 3. The summed E-state index contributed by atoms with van der Waals surface area (Å²) in [5, 5.41) is 0. The molecule has 1 aliphatic rings. The molecule has 0 saturated heterocycles. The first-order chi connectivity index (χ1) is 12.6. The molecule has 138 valence electrons. The third-order valence-electron chi connectivity index (χ3n) is 4.67. The zero-order chi connectivity index (χ0) is 18.7. The highest BCUT2D eigenvalue weighted by Crippen LogP contribution is 2.39. The van der Waals surface area contributed by atoms with E-state index in [1.54, 1.807) is 21.3 Å². The van der Waals surface area contributed by atoms with Crippen LogP contribution in [0, 0.1) is 0 Å². The van der Waals surface area contributed by atoms with Gasteiger partial charge in [-0.25, -0.2) is 0 Å². The van der Waals surface area contributed by atoms with Crippen molar-refractivity contribution in [1.29, 1.82) is 0 Å². The van der Waals surface area contributed by atoms with Crippen molar-refractivity contribution in [2.45, 2.75) is 19.3 Å².